The first-order valence-electron chi connectivity index (χ1n) is 10.6. The van der Waals surface area contributed by atoms with Gasteiger partial charge in [-0.1, -0.05) is 49.6 Å². The van der Waals surface area contributed by atoms with E-state index in [9.17, 15) is 9.90 Å². The summed E-state index contributed by atoms with van der Waals surface area (Å²) in [6.45, 7) is 2.73. The maximum Gasteiger partial charge on any atom is 0.227 e. The van der Waals surface area contributed by atoms with Crippen LogP contribution in [-0.4, -0.2) is 23.7 Å². The molecular formula is C24H30N2O2. The summed E-state index contributed by atoms with van der Waals surface area (Å²) < 4.78 is 0. The number of anilines is 2. The number of aliphatic hydroxyl groups is 1. The molecule has 1 heterocycles. The normalized spacial score (nSPS) is 19.1. The summed E-state index contributed by atoms with van der Waals surface area (Å²) in [5.41, 5.74) is 4.41. The van der Waals surface area contributed by atoms with E-state index in [-0.39, 0.29) is 17.9 Å². The Morgan fingerprint density at radius 3 is 2.57 bits per heavy atom. The Morgan fingerprint density at radius 2 is 1.86 bits per heavy atom. The minimum Gasteiger partial charge on any atom is -0.391 e. The van der Waals surface area contributed by atoms with Gasteiger partial charge in [0.15, 0.2) is 0 Å². The molecule has 2 N–H and O–H groups in total. The number of hydrogen-bond acceptors (Lipinski definition) is 3. The molecule has 1 fully saturated rings. The van der Waals surface area contributed by atoms with Crippen LogP contribution in [0, 0.1) is 5.92 Å². The Balaban J connectivity index is 1.52. The molecule has 1 aliphatic carbocycles. The topological polar surface area (TPSA) is 52.6 Å². The number of carbonyl (C=O) groups excluding carboxylic acids is 1. The zero-order valence-electron chi connectivity index (χ0n) is 16.6. The van der Waals surface area contributed by atoms with E-state index in [4.69, 9.17) is 0 Å². The standard InChI is InChI=1S/C24H30N2O2/c1-17(27)23(18-8-4-2-5-9-18)26-15-14-20-16-21(12-13-22(20)26)25-24(28)19-10-6-3-7-11-19/h2,4-5,8-9,12-13,16-17,19,23,27H,3,6-7,10-11,14-15H2,1H3,(H,25,28)/t17-,23+/m0/s1. The number of nitrogens with one attached hydrogen (secondary N) is 1. The molecule has 0 aromatic heterocycles. The molecule has 0 spiro atoms. The van der Waals surface area contributed by atoms with Crippen molar-refractivity contribution in [3.63, 3.8) is 0 Å². The van der Waals surface area contributed by atoms with Gasteiger partial charge in [0.2, 0.25) is 5.91 Å². The van der Waals surface area contributed by atoms with Crippen molar-refractivity contribution in [3.05, 3.63) is 59.7 Å². The van der Waals surface area contributed by atoms with Gasteiger partial charge in [-0.3, -0.25) is 4.79 Å². The molecule has 2 atom stereocenters. The smallest absolute Gasteiger partial charge is 0.227 e. The highest BCUT2D eigenvalue weighted by atomic mass is 16.3. The fourth-order valence-electron chi connectivity index (χ4n) is 4.77. The number of amides is 1. The van der Waals surface area contributed by atoms with E-state index in [1.54, 1.807) is 0 Å². The van der Waals surface area contributed by atoms with Crippen LogP contribution in [0.1, 0.15) is 56.2 Å². The van der Waals surface area contributed by atoms with Crippen LogP contribution in [0.3, 0.4) is 0 Å². The predicted molar refractivity (Wildman–Crippen MR) is 114 cm³/mol. The molecule has 2 aromatic rings. The van der Waals surface area contributed by atoms with Crippen molar-refractivity contribution in [2.75, 3.05) is 16.8 Å². The number of rotatable bonds is 5. The van der Waals surface area contributed by atoms with E-state index >= 15 is 0 Å². The first-order valence-corrected chi connectivity index (χ1v) is 10.6. The third kappa shape index (κ3) is 3.93. The van der Waals surface area contributed by atoms with E-state index < -0.39 is 6.10 Å². The molecule has 4 heteroatoms. The lowest BCUT2D eigenvalue weighted by Gasteiger charge is -2.33. The summed E-state index contributed by atoms with van der Waals surface area (Å²) in [7, 11) is 0. The maximum atomic E-state index is 12.6. The Labute approximate surface area is 167 Å². The van der Waals surface area contributed by atoms with Crippen molar-refractivity contribution in [2.45, 2.75) is 57.6 Å². The third-order valence-corrected chi connectivity index (χ3v) is 6.19. The number of fused-ring (bicyclic) bond motifs is 1. The highest BCUT2D eigenvalue weighted by Crippen LogP contribution is 2.38. The van der Waals surface area contributed by atoms with Crippen molar-refractivity contribution in [3.8, 4) is 0 Å². The average Bonchev–Trinajstić information content (AvgIpc) is 3.12. The van der Waals surface area contributed by atoms with Gasteiger partial charge in [-0.05, 0) is 55.5 Å². The summed E-state index contributed by atoms with van der Waals surface area (Å²) in [6.07, 6.45) is 6.06. The largest absolute Gasteiger partial charge is 0.391 e. The highest BCUT2D eigenvalue weighted by Gasteiger charge is 2.30. The van der Waals surface area contributed by atoms with Gasteiger partial charge in [-0.15, -0.1) is 0 Å². The van der Waals surface area contributed by atoms with Crippen LogP contribution in [0.4, 0.5) is 11.4 Å². The Morgan fingerprint density at radius 1 is 1.11 bits per heavy atom. The first-order chi connectivity index (χ1) is 13.6. The number of carbonyl (C=O) groups is 1. The van der Waals surface area contributed by atoms with Crippen LogP contribution >= 0.6 is 0 Å². The average molecular weight is 379 g/mol. The number of aliphatic hydroxyl groups excluding tert-OH is 1. The summed E-state index contributed by atoms with van der Waals surface area (Å²) in [5.74, 6) is 0.330. The van der Waals surface area contributed by atoms with E-state index in [1.165, 1.54) is 12.0 Å². The molecule has 0 saturated heterocycles. The van der Waals surface area contributed by atoms with Gasteiger partial charge < -0.3 is 15.3 Å². The molecule has 0 unspecified atom stereocenters. The van der Waals surface area contributed by atoms with Gasteiger partial charge in [0.25, 0.3) is 0 Å². The van der Waals surface area contributed by atoms with Gasteiger partial charge in [0.05, 0.1) is 12.1 Å². The van der Waals surface area contributed by atoms with E-state index in [0.717, 1.165) is 55.6 Å². The Bertz CT molecular complexity index is 813. The molecule has 148 valence electrons. The number of nitrogens with zero attached hydrogens (tertiary/aromatic N) is 1. The molecule has 28 heavy (non-hydrogen) atoms. The van der Waals surface area contributed by atoms with Gasteiger partial charge in [-0.25, -0.2) is 0 Å². The lowest BCUT2D eigenvalue weighted by molar-refractivity contribution is -0.120. The van der Waals surface area contributed by atoms with Crippen molar-refractivity contribution < 1.29 is 9.90 Å². The highest BCUT2D eigenvalue weighted by molar-refractivity contribution is 5.93. The van der Waals surface area contributed by atoms with E-state index in [0.29, 0.717) is 0 Å². The van der Waals surface area contributed by atoms with Crippen molar-refractivity contribution in [1.82, 2.24) is 0 Å². The van der Waals surface area contributed by atoms with E-state index in [1.807, 2.05) is 31.2 Å². The van der Waals surface area contributed by atoms with Crippen LogP contribution in [0.2, 0.25) is 0 Å². The summed E-state index contributed by atoms with van der Waals surface area (Å²) in [6, 6.07) is 16.3. The van der Waals surface area contributed by atoms with Crippen molar-refractivity contribution in [1.29, 1.82) is 0 Å². The van der Waals surface area contributed by atoms with Crippen LogP contribution < -0.4 is 10.2 Å². The van der Waals surface area contributed by atoms with Crippen LogP contribution in [-0.2, 0) is 11.2 Å². The fourth-order valence-corrected chi connectivity index (χ4v) is 4.77. The summed E-state index contributed by atoms with van der Waals surface area (Å²) in [5, 5.41) is 13.6. The summed E-state index contributed by atoms with van der Waals surface area (Å²) >= 11 is 0. The lowest BCUT2D eigenvalue weighted by Crippen LogP contribution is -2.34. The molecule has 0 radical (unpaired) electrons. The zero-order valence-corrected chi connectivity index (χ0v) is 16.6. The van der Waals surface area contributed by atoms with Crippen LogP contribution in [0.25, 0.3) is 0 Å². The second-order valence-corrected chi connectivity index (χ2v) is 8.21. The quantitative estimate of drug-likeness (QED) is 0.794. The zero-order chi connectivity index (χ0) is 19.5. The second kappa shape index (κ2) is 8.36. The minimum absolute atomic E-state index is 0.0647. The van der Waals surface area contributed by atoms with Gasteiger partial charge >= 0.3 is 0 Å². The third-order valence-electron chi connectivity index (χ3n) is 6.19. The molecule has 2 aromatic carbocycles. The Hall–Kier alpha value is -2.33. The monoisotopic (exact) mass is 378 g/mol. The predicted octanol–water partition coefficient (Wildman–Crippen LogP) is 4.69. The molecule has 1 saturated carbocycles. The SMILES string of the molecule is C[C@H](O)[C@H](c1ccccc1)N1CCc2cc(NC(=O)C3CCCCC3)ccc21. The molecular weight excluding hydrogens is 348 g/mol. The minimum atomic E-state index is -0.473. The summed E-state index contributed by atoms with van der Waals surface area (Å²) in [4.78, 5) is 14.9. The molecule has 2 aliphatic rings. The van der Waals surface area contributed by atoms with Crippen molar-refractivity contribution in [2.24, 2.45) is 5.92 Å². The van der Waals surface area contributed by atoms with Crippen molar-refractivity contribution >= 4 is 17.3 Å². The second-order valence-electron chi connectivity index (χ2n) is 8.21. The molecule has 1 amide bonds. The lowest BCUT2D eigenvalue weighted by atomic mass is 9.88. The fraction of sp³-hybridized carbons (Fsp3) is 0.458. The van der Waals surface area contributed by atoms with Crippen LogP contribution in [0.15, 0.2) is 48.5 Å². The molecule has 4 nitrogen and oxygen atoms in total. The van der Waals surface area contributed by atoms with Gasteiger partial charge in [0, 0.05) is 23.8 Å². The Kier molecular flexibility index (Phi) is 5.67. The number of hydrogen-bond donors (Lipinski definition) is 2. The van der Waals surface area contributed by atoms with Crippen LogP contribution in [0.5, 0.6) is 0 Å². The number of benzene rings is 2. The molecule has 1 aliphatic heterocycles. The first kappa shape index (κ1) is 19.0. The maximum absolute atomic E-state index is 12.6. The van der Waals surface area contributed by atoms with Gasteiger partial charge in [-0.2, -0.15) is 0 Å². The molecule has 0 bridgehead atoms. The molecule has 4 rings (SSSR count). The van der Waals surface area contributed by atoms with Gasteiger partial charge in [0.1, 0.15) is 0 Å². The van der Waals surface area contributed by atoms with E-state index in [2.05, 4.69) is 34.5 Å².